The maximum absolute atomic E-state index is 12.5. The molecule has 0 bridgehead atoms. The van der Waals surface area contributed by atoms with Crippen LogP contribution >= 0.6 is 11.3 Å². The van der Waals surface area contributed by atoms with Crippen molar-refractivity contribution in [3.8, 4) is 5.75 Å². The maximum Gasteiger partial charge on any atom is 0.231 e. The molecule has 7 heteroatoms. The normalized spacial score (nSPS) is 17.0. The van der Waals surface area contributed by atoms with Crippen LogP contribution in [0.5, 0.6) is 5.75 Å². The number of carbonyl (C=O) groups excluding carboxylic acids is 2. The molecule has 1 aromatic carbocycles. The monoisotopic (exact) mass is 359 g/mol. The van der Waals surface area contributed by atoms with Crippen molar-refractivity contribution in [3.63, 3.8) is 0 Å². The predicted octanol–water partition coefficient (Wildman–Crippen LogP) is 3.15. The molecule has 0 radical (unpaired) electrons. The number of nitrogens with one attached hydrogen (secondary N) is 1. The van der Waals surface area contributed by atoms with Crippen LogP contribution in [0, 0.1) is 19.8 Å². The lowest BCUT2D eigenvalue weighted by Crippen LogP contribution is -2.28. The van der Waals surface area contributed by atoms with E-state index in [-0.39, 0.29) is 18.2 Å². The number of hydrogen-bond donors (Lipinski definition) is 1. The highest BCUT2D eigenvalue weighted by Crippen LogP contribution is 2.33. The Labute approximate surface area is 150 Å². The van der Waals surface area contributed by atoms with Crippen LogP contribution in [0.3, 0.4) is 0 Å². The molecule has 1 saturated heterocycles. The van der Waals surface area contributed by atoms with Gasteiger partial charge in [-0.25, -0.2) is 4.98 Å². The lowest BCUT2D eigenvalue weighted by Gasteiger charge is -2.20. The summed E-state index contributed by atoms with van der Waals surface area (Å²) in [5, 5.41) is 3.42. The first-order chi connectivity index (χ1) is 12.0. The Morgan fingerprint density at radius 2 is 2.16 bits per heavy atom. The van der Waals surface area contributed by atoms with Gasteiger partial charge in [0.2, 0.25) is 11.8 Å². The minimum Gasteiger partial charge on any atom is -0.492 e. The molecule has 0 aliphatic carbocycles. The van der Waals surface area contributed by atoms with Crippen LogP contribution in [0.15, 0.2) is 24.3 Å². The number of carbonyl (C=O) groups is 2. The van der Waals surface area contributed by atoms with Gasteiger partial charge in [-0.3, -0.25) is 9.59 Å². The second kappa shape index (κ2) is 7.23. The van der Waals surface area contributed by atoms with E-state index in [2.05, 4.69) is 10.3 Å². The Bertz CT molecular complexity index is 783. The van der Waals surface area contributed by atoms with Gasteiger partial charge in [0.1, 0.15) is 5.75 Å². The quantitative estimate of drug-likeness (QED) is 0.890. The predicted molar refractivity (Wildman–Crippen MR) is 98.3 cm³/mol. The third kappa shape index (κ3) is 3.66. The fourth-order valence-electron chi connectivity index (χ4n) is 2.81. The number of aromatic nitrogens is 1. The molecule has 2 amide bonds. The van der Waals surface area contributed by atoms with Crippen LogP contribution in [0.1, 0.15) is 23.9 Å². The number of ether oxygens (including phenoxy) is 1. The Morgan fingerprint density at radius 1 is 1.40 bits per heavy atom. The molecule has 1 fully saturated rings. The van der Waals surface area contributed by atoms with E-state index in [0.29, 0.717) is 29.7 Å². The third-order valence-electron chi connectivity index (χ3n) is 4.21. The van der Waals surface area contributed by atoms with Crippen LogP contribution in [0.4, 0.5) is 10.8 Å². The molecule has 2 heterocycles. The molecule has 1 aliphatic heterocycles. The number of anilines is 2. The van der Waals surface area contributed by atoms with Gasteiger partial charge < -0.3 is 15.0 Å². The fraction of sp³-hybridized carbons (Fsp3) is 0.389. The molecule has 1 aromatic heterocycles. The molecule has 2 aromatic rings. The van der Waals surface area contributed by atoms with Gasteiger partial charge in [0.05, 0.1) is 23.9 Å². The average Bonchev–Trinajstić information content (AvgIpc) is 3.11. The third-order valence-corrected chi connectivity index (χ3v) is 5.20. The van der Waals surface area contributed by atoms with Gasteiger partial charge in [-0.2, -0.15) is 0 Å². The van der Waals surface area contributed by atoms with E-state index in [1.54, 1.807) is 4.90 Å². The van der Waals surface area contributed by atoms with Crippen molar-refractivity contribution in [2.75, 3.05) is 23.4 Å². The topological polar surface area (TPSA) is 71.5 Å². The van der Waals surface area contributed by atoms with Crippen LogP contribution in [-0.4, -0.2) is 29.9 Å². The minimum absolute atomic E-state index is 0.0706. The lowest BCUT2D eigenvalue weighted by atomic mass is 10.1. The second-order valence-corrected chi connectivity index (χ2v) is 7.16. The van der Waals surface area contributed by atoms with Crippen molar-refractivity contribution in [1.29, 1.82) is 0 Å². The summed E-state index contributed by atoms with van der Waals surface area (Å²) in [5.41, 5.74) is 1.63. The van der Waals surface area contributed by atoms with E-state index >= 15 is 0 Å². The van der Waals surface area contributed by atoms with E-state index in [4.69, 9.17) is 4.74 Å². The van der Waals surface area contributed by atoms with Crippen molar-refractivity contribution in [3.05, 3.63) is 34.8 Å². The zero-order valence-corrected chi connectivity index (χ0v) is 15.4. The summed E-state index contributed by atoms with van der Waals surface area (Å²) in [6.45, 7) is 6.64. The van der Waals surface area contributed by atoms with E-state index in [0.717, 1.165) is 10.6 Å². The van der Waals surface area contributed by atoms with Gasteiger partial charge in [-0.1, -0.05) is 12.1 Å². The van der Waals surface area contributed by atoms with Crippen LogP contribution in [0.2, 0.25) is 0 Å². The summed E-state index contributed by atoms with van der Waals surface area (Å²) in [6.07, 6.45) is 0.190. The molecular weight excluding hydrogens is 338 g/mol. The van der Waals surface area contributed by atoms with Crippen molar-refractivity contribution >= 4 is 34.0 Å². The molecule has 0 saturated carbocycles. The second-order valence-electron chi connectivity index (χ2n) is 5.96. The van der Waals surface area contributed by atoms with Gasteiger partial charge in [0.15, 0.2) is 5.13 Å². The van der Waals surface area contributed by atoms with E-state index in [1.165, 1.54) is 11.3 Å². The summed E-state index contributed by atoms with van der Waals surface area (Å²) < 4.78 is 5.60. The highest BCUT2D eigenvalue weighted by Gasteiger charge is 2.36. The molecule has 1 unspecified atom stereocenters. The molecule has 1 N–H and O–H groups in total. The molecule has 132 valence electrons. The standard InChI is InChI=1S/C18H21N3O3S/c1-4-24-15-8-6-5-7-14(15)21-10-13(9-16(21)22)17(23)20-18-19-11(2)12(3)25-18/h5-8,13H,4,9-10H2,1-3H3,(H,19,20,23). The summed E-state index contributed by atoms with van der Waals surface area (Å²) in [7, 11) is 0. The lowest BCUT2D eigenvalue weighted by molar-refractivity contribution is -0.122. The van der Waals surface area contributed by atoms with Gasteiger partial charge in [0.25, 0.3) is 0 Å². The molecule has 1 atom stereocenters. The number of aryl methyl sites for hydroxylation is 2. The van der Waals surface area contributed by atoms with Gasteiger partial charge in [-0.05, 0) is 32.9 Å². The summed E-state index contributed by atoms with van der Waals surface area (Å²) in [4.78, 5) is 32.0. The number of hydrogen-bond acceptors (Lipinski definition) is 5. The van der Waals surface area contributed by atoms with Gasteiger partial charge in [-0.15, -0.1) is 11.3 Å². The van der Waals surface area contributed by atoms with E-state index in [9.17, 15) is 9.59 Å². The van der Waals surface area contributed by atoms with Crippen molar-refractivity contribution < 1.29 is 14.3 Å². The summed E-state index contributed by atoms with van der Waals surface area (Å²) in [6, 6.07) is 7.41. The van der Waals surface area contributed by atoms with Crippen molar-refractivity contribution in [2.45, 2.75) is 27.2 Å². The summed E-state index contributed by atoms with van der Waals surface area (Å²) in [5.74, 6) is 0.0228. The Morgan fingerprint density at radius 3 is 2.84 bits per heavy atom. The number of amides is 2. The number of thiazole rings is 1. The average molecular weight is 359 g/mol. The molecule has 0 spiro atoms. The zero-order chi connectivity index (χ0) is 18.0. The number of para-hydroxylation sites is 2. The molecule has 25 heavy (non-hydrogen) atoms. The number of rotatable bonds is 5. The van der Waals surface area contributed by atoms with Crippen LogP contribution < -0.4 is 15.0 Å². The molecular formula is C18H21N3O3S. The van der Waals surface area contributed by atoms with Crippen LogP contribution in [0.25, 0.3) is 0 Å². The smallest absolute Gasteiger partial charge is 0.231 e. The van der Waals surface area contributed by atoms with E-state index < -0.39 is 5.92 Å². The number of benzene rings is 1. The summed E-state index contributed by atoms with van der Waals surface area (Å²) >= 11 is 1.45. The highest BCUT2D eigenvalue weighted by molar-refractivity contribution is 7.15. The molecule has 6 nitrogen and oxygen atoms in total. The maximum atomic E-state index is 12.5. The Kier molecular flexibility index (Phi) is 5.03. The SMILES string of the molecule is CCOc1ccccc1N1CC(C(=O)Nc2nc(C)c(C)s2)CC1=O. The first-order valence-electron chi connectivity index (χ1n) is 8.26. The number of nitrogens with zero attached hydrogens (tertiary/aromatic N) is 2. The Balaban J connectivity index is 1.73. The van der Waals surface area contributed by atoms with Gasteiger partial charge >= 0.3 is 0 Å². The first kappa shape index (κ1) is 17.4. The first-order valence-corrected chi connectivity index (χ1v) is 9.08. The zero-order valence-electron chi connectivity index (χ0n) is 14.5. The largest absolute Gasteiger partial charge is 0.492 e. The minimum atomic E-state index is -0.397. The fourth-order valence-corrected chi connectivity index (χ4v) is 3.62. The Hall–Kier alpha value is -2.41. The van der Waals surface area contributed by atoms with Gasteiger partial charge in [0, 0.05) is 17.8 Å². The molecule has 3 rings (SSSR count). The van der Waals surface area contributed by atoms with E-state index in [1.807, 2.05) is 45.0 Å². The highest BCUT2D eigenvalue weighted by atomic mass is 32.1. The van der Waals surface area contributed by atoms with Crippen molar-refractivity contribution in [2.24, 2.45) is 5.92 Å². The van der Waals surface area contributed by atoms with Crippen LogP contribution in [-0.2, 0) is 9.59 Å². The van der Waals surface area contributed by atoms with Crippen molar-refractivity contribution in [1.82, 2.24) is 4.98 Å². The molecule has 1 aliphatic rings.